The lowest BCUT2D eigenvalue weighted by molar-refractivity contribution is 0.0696. The number of ether oxygens (including phenoxy) is 3. The van der Waals surface area contributed by atoms with Crippen LogP contribution >= 0.6 is 0 Å². The first-order valence-corrected chi connectivity index (χ1v) is 5.73. The van der Waals surface area contributed by atoms with Crippen molar-refractivity contribution in [3.63, 3.8) is 0 Å². The van der Waals surface area contributed by atoms with Gasteiger partial charge in [0.1, 0.15) is 5.75 Å². The molecule has 0 fully saturated rings. The minimum Gasteiger partial charge on any atom is -0.495 e. The highest BCUT2D eigenvalue weighted by molar-refractivity contribution is 5.88. The van der Waals surface area contributed by atoms with Gasteiger partial charge in [-0.2, -0.15) is 0 Å². The molecule has 6 nitrogen and oxygen atoms in total. The summed E-state index contributed by atoms with van der Waals surface area (Å²) in [6.45, 7) is 0. The summed E-state index contributed by atoms with van der Waals surface area (Å²) in [4.78, 5) is 15.0. The Morgan fingerprint density at radius 3 is 2.45 bits per heavy atom. The Morgan fingerprint density at radius 2 is 1.90 bits per heavy atom. The summed E-state index contributed by atoms with van der Waals surface area (Å²) < 4.78 is 15.7. The highest BCUT2D eigenvalue weighted by Gasteiger charge is 2.11. The average molecular weight is 275 g/mol. The molecule has 1 aromatic carbocycles. The second-order valence-electron chi connectivity index (χ2n) is 3.81. The molecule has 0 aliphatic rings. The van der Waals surface area contributed by atoms with Gasteiger partial charge >= 0.3 is 5.97 Å². The lowest BCUT2D eigenvalue weighted by Gasteiger charge is -2.10. The summed E-state index contributed by atoms with van der Waals surface area (Å²) in [5.41, 5.74) is 0.106. The van der Waals surface area contributed by atoms with Crippen LogP contribution in [0.25, 0.3) is 0 Å². The Labute approximate surface area is 115 Å². The van der Waals surface area contributed by atoms with E-state index in [9.17, 15) is 4.79 Å². The topological polar surface area (TPSA) is 77.9 Å². The van der Waals surface area contributed by atoms with Crippen LogP contribution < -0.4 is 14.2 Å². The van der Waals surface area contributed by atoms with Crippen LogP contribution in [-0.4, -0.2) is 30.3 Å². The van der Waals surface area contributed by atoms with Gasteiger partial charge in [0.15, 0.2) is 11.5 Å². The van der Waals surface area contributed by atoms with Crippen molar-refractivity contribution >= 4 is 5.97 Å². The average Bonchev–Trinajstić information content (AvgIpc) is 2.48. The van der Waals surface area contributed by atoms with Crippen molar-refractivity contribution in [1.82, 2.24) is 4.98 Å². The highest BCUT2D eigenvalue weighted by Crippen LogP contribution is 2.32. The third-order valence-electron chi connectivity index (χ3n) is 2.57. The van der Waals surface area contributed by atoms with Crippen molar-refractivity contribution < 1.29 is 24.1 Å². The van der Waals surface area contributed by atoms with E-state index in [1.807, 2.05) is 0 Å². The van der Waals surface area contributed by atoms with Crippen molar-refractivity contribution in [2.24, 2.45) is 0 Å². The van der Waals surface area contributed by atoms with Crippen LogP contribution in [0.2, 0.25) is 0 Å². The Hall–Kier alpha value is -2.76. The fourth-order valence-electron chi connectivity index (χ4n) is 1.55. The second-order valence-corrected chi connectivity index (χ2v) is 3.81. The minimum atomic E-state index is -1.04. The number of benzene rings is 1. The van der Waals surface area contributed by atoms with Gasteiger partial charge < -0.3 is 19.3 Å². The number of methoxy groups -OCH3 is 2. The van der Waals surface area contributed by atoms with Crippen molar-refractivity contribution in [3.05, 3.63) is 42.1 Å². The van der Waals surface area contributed by atoms with E-state index in [0.29, 0.717) is 17.4 Å². The minimum absolute atomic E-state index is 0.106. The van der Waals surface area contributed by atoms with Crippen LogP contribution in [-0.2, 0) is 0 Å². The molecular weight excluding hydrogens is 262 g/mol. The van der Waals surface area contributed by atoms with Crippen molar-refractivity contribution in [1.29, 1.82) is 0 Å². The lowest BCUT2D eigenvalue weighted by atomic mass is 10.2. The van der Waals surface area contributed by atoms with E-state index in [4.69, 9.17) is 19.3 Å². The van der Waals surface area contributed by atoms with E-state index in [0.717, 1.165) is 0 Å². The summed E-state index contributed by atoms with van der Waals surface area (Å²) in [5.74, 6) is 0.577. The maximum Gasteiger partial charge on any atom is 0.335 e. The number of aromatic nitrogens is 1. The maximum atomic E-state index is 11.0. The lowest BCUT2D eigenvalue weighted by Crippen LogP contribution is -1.99. The molecule has 0 radical (unpaired) electrons. The number of nitrogens with zero attached hydrogens (tertiary/aromatic N) is 1. The van der Waals surface area contributed by atoms with Gasteiger partial charge in [-0.1, -0.05) is 0 Å². The molecule has 1 N–H and O–H groups in total. The normalized spacial score (nSPS) is 9.90. The first-order valence-electron chi connectivity index (χ1n) is 5.73. The zero-order valence-corrected chi connectivity index (χ0v) is 11.0. The molecule has 0 saturated carbocycles. The molecule has 0 saturated heterocycles. The summed E-state index contributed by atoms with van der Waals surface area (Å²) in [6.07, 6.45) is 1.50. The van der Waals surface area contributed by atoms with Crippen LogP contribution in [0, 0.1) is 0 Å². The highest BCUT2D eigenvalue weighted by atomic mass is 16.5. The van der Waals surface area contributed by atoms with E-state index in [2.05, 4.69) is 4.98 Å². The second kappa shape index (κ2) is 5.92. The van der Waals surface area contributed by atoms with Gasteiger partial charge in [-0.3, -0.25) is 0 Å². The van der Waals surface area contributed by atoms with Crippen LogP contribution in [0.1, 0.15) is 10.4 Å². The molecule has 0 bridgehead atoms. The molecule has 6 heteroatoms. The number of carbonyl (C=O) groups is 1. The molecule has 1 heterocycles. The molecule has 2 rings (SSSR count). The SMILES string of the molecule is COc1ccc(Oc2cc(C(=O)O)ccc2OC)nc1. The Kier molecular flexibility index (Phi) is 4.05. The van der Waals surface area contributed by atoms with E-state index in [-0.39, 0.29) is 11.3 Å². The molecular formula is C14H13NO5. The molecule has 104 valence electrons. The summed E-state index contributed by atoms with van der Waals surface area (Å²) in [7, 11) is 3.01. The largest absolute Gasteiger partial charge is 0.495 e. The van der Waals surface area contributed by atoms with Gasteiger partial charge in [0.2, 0.25) is 5.88 Å². The smallest absolute Gasteiger partial charge is 0.335 e. The molecule has 1 aromatic heterocycles. The molecule has 0 aliphatic carbocycles. The van der Waals surface area contributed by atoms with Crippen LogP contribution in [0.3, 0.4) is 0 Å². The molecule has 0 amide bonds. The number of rotatable bonds is 5. The monoisotopic (exact) mass is 275 g/mol. The van der Waals surface area contributed by atoms with Crippen LogP contribution in [0.4, 0.5) is 0 Å². The zero-order chi connectivity index (χ0) is 14.5. The van der Waals surface area contributed by atoms with Crippen LogP contribution in [0.5, 0.6) is 23.1 Å². The predicted octanol–water partition coefficient (Wildman–Crippen LogP) is 2.59. The van der Waals surface area contributed by atoms with Gasteiger partial charge in [-0.05, 0) is 24.3 Å². The van der Waals surface area contributed by atoms with Gasteiger partial charge in [0.25, 0.3) is 0 Å². The number of aromatic carboxylic acids is 1. The Morgan fingerprint density at radius 1 is 1.10 bits per heavy atom. The van der Waals surface area contributed by atoms with Gasteiger partial charge in [0, 0.05) is 6.07 Å². The quantitative estimate of drug-likeness (QED) is 0.903. The number of pyridine rings is 1. The third-order valence-corrected chi connectivity index (χ3v) is 2.57. The molecule has 2 aromatic rings. The van der Waals surface area contributed by atoms with Crippen molar-refractivity contribution in [2.45, 2.75) is 0 Å². The maximum absolute atomic E-state index is 11.0. The molecule has 0 unspecified atom stereocenters. The van der Waals surface area contributed by atoms with E-state index in [1.54, 1.807) is 12.1 Å². The van der Waals surface area contributed by atoms with E-state index in [1.165, 1.54) is 38.6 Å². The van der Waals surface area contributed by atoms with Gasteiger partial charge in [0.05, 0.1) is 26.0 Å². The van der Waals surface area contributed by atoms with E-state index >= 15 is 0 Å². The predicted molar refractivity (Wildman–Crippen MR) is 70.8 cm³/mol. The standard InChI is InChI=1S/C14H13NO5/c1-18-10-4-6-13(15-8-10)20-12-7-9(14(16)17)3-5-11(12)19-2/h3-8H,1-2H3,(H,16,17). The summed E-state index contributed by atoms with van der Waals surface area (Å²) in [6, 6.07) is 7.66. The summed E-state index contributed by atoms with van der Waals surface area (Å²) >= 11 is 0. The fraction of sp³-hybridized carbons (Fsp3) is 0.143. The molecule has 0 aliphatic heterocycles. The number of hydrogen-bond acceptors (Lipinski definition) is 5. The van der Waals surface area contributed by atoms with E-state index < -0.39 is 5.97 Å². The number of carboxylic acid groups (broad SMARTS) is 1. The first kappa shape index (κ1) is 13.7. The fourth-order valence-corrected chi connectivity index (χ4v) is 1.55. The van der Waals surface area contributed by atoms with Crippen molar-refractivity contribution in [2.75, 3.05) is 14.2 Å². The third kappa shape index (κ3) is 2.97. The summed E-state index contributed by atoms with van der Waals surface area (Å²) in [5, 5.41) is 8.98. The van der Waals surface area contributed by atoms with Crippen molar-refractivity contribution in [3.8, 4) is 23.1 Å². The number of hydrogen-bond donors (Lipinski definition) is 1. The first-order chi connectivity index (χ1) is 9.63. The van der Waals surface area contributed by atoms with Gasteiger partial charge in [-0.15, -0.1) is 0 Å². The molecule has 20 heavy (non-hydrogen) atoms. The van der Waals surface area contributed by atoms with Crippen LogP contribution in [0.15, 0.2) is 36.5 Å². The Balaban J connectivity index is 2.30. The Bertz CT molecular complexity index is 609. The molecule has 0 spiro atoms. The molecule has 0 atom stereocenters. The van der Waals surface area contributed by atoms with Gasteiger partial charge in [-0.25, -0.2) is 9.78 Å². The zero-order valence-electron chi connectivity index (χ0n) is 11.0. The number of carboxylic acids is 1.